The summed E-state index contributed by atoms with van der Waals surface area (Å²) in [5.74, 6) is -0.227. The number of anilines is 1. The molecule has 10 heteroatoms. The molecule has 4 rings (SSSR count). The van der Waals surface area contributed by atoms with Crippen LogP contribution in [0.15, 0.2) is 52.1 Å². The van der Waals surface area contributed by atoms with Gasteiger partial charge in [0.25, 0.3) is 0 Å². The van der Waals surface area contributed by atoms with Gasteiger partial charge in [-0.05, 0) is 48.6 Å². The minimum absolute atomic E-state index is 0.0631. The zero-order valence-corrected chi connectivity index (χ0v) is 17.2. The summed E-state index contributed by atoms with van der Waals surface area (Å²) in [5.41, 5.74) is 6.70. The van der Waals surface area contributed by atoms with Crippen LogP contribution in [-0.4, -0.2) is 25.4 Å². The van der Waals surface area contributed by atoms with Gasteiger partial charge >= 0.3 is 0 Å². The van der Waals surface area contributed by atoms with Gasteiger partial charge in [0.05, 0.1) is 27.6 Å². The van der Waals surface area contributed by atoms with Gasteiger partial charge in [-0.15, -0.1) is 22.7 Å². The molecule has 2 aromatic heterocycles. The summed E-state index contributed by atoms with van der Waals surface area (Å²) in [6, 6.07) is 10.3. The van der Waals surface area contributed by atoms with Crippen molar-refractivity contribution in [3.63, 3.8) is 0 Å². The average molecular weight is 435 g/mol. The van der Waals surface area contributed by atoms with Gasteiger partial charge in [0.2, 0.25) is 15.9 Å². The number of carbonyl (C=O) groups is 1. The monoisotopic (exact) mass is 434 g/mol. The van der Waals surface area contributed by atoms with Crippen molar-refractivity contribution in [1.82, 2.24) is 15.1 Å². The fraction of sp³-hybridized carbons (Fsp3) is 0.222. The third-order valence-corrected chi connectivity index (χ3v) is 7.50. The molecule has 0 aliphatic heterocycles. The number of amides is 1. The third kappa shape index (κ3) is 4.76. The Bertz CT molecular complexity index is 1060. The molecule has 0 spiro atoms. The molecule has 3 N–H and O–H groups in total. The highest BCUT2D eigenvalue weighted by Crippen LogP contribution is 2.28. The normalized spacial score (nSPS) is 14.0. The van der Waals surface area contributed by atoms with E-state index >= 15 is 0 Å². The van der Waals surface area contributed by atoms with E-state index in [4.69, 9.17) is 0 Å². The van der Waals surface area contributed by atoms with E-state index in [0.29, 0.717) is 11.4 Å². The molecule has 0 saturated heterocycles. The van der Waals surface area contributed by atoms with Crippen molar-refractivity contribution < 1.29 is 13.2 Å². The van der Waals surface area contributed by atoms with E-state index in [1.165, 1.54) is 23.5 Å². The lowest BCUT2D eigenvalue weighted by molar-refractivity contribution is -0.120. The Morgan fingerprint density at radius 3 is 2.61 bits per heavy atom. The molecular weight excluding hydrogens is 416 g/mol. The number of benzene rings is 1. The fourth-order valence-electron chi connectivity index (χ4n) is 2.46. The van der Waals surface area contributed by atoms with Crippen LogP contribution in [0.25, 0.3) is 9.88 Å². The second-order valence-corrected chi connectivity index (χ2v) is 9.91. The summed E-state index contributed by atoms with van der Waals surface area (Å²) in [6.07, 6.45) is 1.93. The van der Waals surface area contributed by atoms with E-state index in [0.717, 1.165) is 22.7 Å². The number of thiophene rings is 1. The Morgan fingerprint density at radius 1 is 1.14 bits per heavy atom. The highest BCUT2D eigenvalue weighted by Gasteiger charge is 2.27. The highest BCUT2D eigenvalue weighted by molar-refractivity contribution is 7.89. The van der Waals surface area contributed by atoms with Crippen LogP contribution in [0.4, 0.5) is 5.69 Å². The fourth-order valence-corrected chi connectivity index (χ4v) is 5.40. The van der Waals surface area contributed by atoms with Gasteiger partial charge < -0.3 is 0 Å². The van der Waals surface area contributed by atoms with Crippen molar-refractivity contribution in [3.05, 3.63) is 52.9 Å². The van der Waals surface area contributed by atoms with Gasteiger partial charge in [-0.2, -0.15) is 0 Å². The van der Waals surface area contributed by atoms with Crippen molar-refractivity contribution in [2.45, 2.75) is 30.2 Å². The summed E-state index contributed by atoms with van der Waals surface area (Å²) < 4.78 is 26.9. The van der Waals surface area contributed by atoms with Crippen molar-refractivity contribution in [1.29, 1.82) is 0 Å². The first-order chi connectivity index (χ1) is 13.5. The van der Waals surface area contributed by atoms with E-state index in [9.17, 15) is 13.2 Å². The average Bonchev–Trinajstić information content (AvgIpc) is 3.12. The number of hydrogen-bond donors (Lipinski definition) is 3. The van der Waals surface area contributed by atoms with Gasteiger partial charge in [-0.3, -0.25) is 15.6 Å². The maximum atomic E-state index is 12.1. The summed E-state index contributed by atoms with van der Waals surface area (Å²) in [5, 5.41) is 4.77. The van der Waals surface area contributed by atoms with Crippen LogP contribution >= 0.6 is 22.7 Å². The molecule has 28 heavy (non-hydrogen) atoms. The minimum Gasteiger partial charge on any atom is -0.299 e. The number of rotatable bonds is 8. The quantitative estimate of drug-likeness (QED) is 0.473. The van der Waals surface area contributed by atoms with Crippen LogP contribution in [0.5, 0.6) is 0 Å². The number of thiazole rings is 1. The molecule has 1 aliphatic rings. The van der Waals surface area contributed by atoms with Crippen molar-refractivity contribution in [3.8, 4) is 9.88 Å². The molecule has 146 valence electrons. The van der Waals surface area contributed by atoms with Crippen molar-refractivity contribution in [2.75, 3.05) is 5.43 Å². The first-order valence-electron chi connectivity index (χ1n) is 8.65. The van der Waals surface area contributed by atoms with Crippen molar-refractivity contribution in [2.24, 2.45) is 0 Å². The Balaban J connectivity index is 1.30. The van der Waals surface area contributed by atoms with Crippen LogP contribution < -0.4 is 15.6 Å². The molecule has 0 unspecified atom stereocenters. The molecule has 1 aliphatic carbocycles. The molecule has 1 aromatic carbocycles. The van der Waals surface area contributed by atoms with E-state index < -0.39 is 10.0 Å². The minimum atomic E-state index is -3.47. The standard InChI is InChI=1S/C18H18N4O3S3/c23-17(10-14-11-27-18(19-14)16-2-1-9-26-16)21-20-12-5-7-15(8-6-12)28(24,25)22-13-3-4-13/h1-2,5-9,11,13,20,22H,3-4,10H2,(H,21,23). The molecule has 7 nitrogen and oxygen atoms in total. The van der Waals surface area contributed by atoms with Crippen LogP contribution in [0.1, 0.15) is 18.5 Å². The number of carbonyl (C=O) groups excluding carboxylic acids is 1. The van der Waals surface area contributed by atoms with Crippen LogP contribution in [0.2, 0.25) is 0 Å². The topological polar surface area (TPSA) is 100 Å². The summed E-state index contributed by atoms with van der Waals surface area (Å²) in [6.45, 7) is 0. The first-order valence-corrected chi connectivity index (χ1v) is 11.9. The van der Waals surface area contributed by atoms with Crippen molar-refractivity contribution >= 4 is 44.3 Å². The van der Waals surface area contributed by atoms with Gasteiger partial charge in [-0.1, -0.05) is 6.07 Å². The molecule has 1 fully saturated rings. The maximum Gasteiger partial charge on any atom is 0.244 e. The zero-order chi connectivity index (χ0) is 19.6. The molecule has 0 bridgehead atoms. The van der Waals surface area contributed by atoms with E-state index in [1.807, 2.05) is 22.9 Å². The molecule has 3 aromatic rings. The second-order valence-electron chi connectivity index (χ2n) is 6.39. The maximum absolute atomic E-state index is 12.1. The van der Waals surface area contributed by atoms with Gasteiger partial charge in [0, 0.05) is 11.4 Å². The van der Waals surface area contributed by atoms with E-state index in [-0.39, 0.29) is 23.3 Å². The number of sulfonamides is 1. The molecule has 1 saturated carbocycles. The smallest absolute Gasteiger partial charge is 0.244 e. The largest absolute Gasteiger partial charge is 0.299 e. The Kier molecular flexibility index (Phi) is 5.44. The lowest BCUT2D eigenvalue weighted by Crippen LogP contribution is -2.31. The molecule has 2 heterocycles. The van der Waals surface area contributed by atoms with Gasteiger partial charge in [0.15, 0.2) is 0 Å². The van der Waals surface area contributed by atoms with Crippen LogP contribution in [0.3, 0.4) is 0 Å². The second kappa shape index (κ2) is 8.00. The van der Waals surface area contributed by atoms with Gasteiger partial charge in [-0.25, -0.2) is 18.1 Å². The predicted octanol–water partition coefficient (Wildman–Crippen LogP) is 3.00. The number of hydrazine groups is 1. The van der Waals surface area contributed by atoms with E-state index in [1.54, 1.807) is 23.5 Å². The lowest BCUT2D eigenvalue weighted by Gasteiger charge is -2.09. The number of aromatic nitrogens is 1. The lowest BCUT2D eigenvalue weighted by atomic mass is 10.3. The molecular formula is C18H18N4O3S3. The SMILES string of the molecule is O=C(Cc1csc(-c2cccs2)n1)NNc1ccc(S(=O)(=O)NC2CC2)cc1. The summed E-state index contributed by atoms with van der Waals surface area (Å²) in [7, 11) is -3.47. The Hall–Kier alpha value is -2.27. The summed E-state index contributed by atoms with van der Waals surface area (Å²) in [4.78, 5) is 17.9. The highest BCUT2D eigenvalue weighted by atomic mass is 32.2. The Labute approximate surface area is 170 Å². The number of nitrogens with one attached hydrogen (secondary N) is 3. The Morgan fingerprint density at radius 2 is 1.93 bits per heavy atom. The predicted molar refractivity (Wildman–Crippen MR) is 111 cm³/mol. The first kappa shape index (κ1) is 19.1. The molecule has 0 radical (unpaired) electrons. The third-order valence-electron chi connectivity index (χ3n) is 4.04. The van der Waals surface area contributed by atoms with Crippen LogP contribution in [-0.2, 0) is 21.2 Å². The zero-order valence-electron chi connectivity index (χ0n) is 14.7. The van der Waals surface area contributed by atoms with E-state index in [2.05, 4.69) is 20.6 Å². The van der Waals surface area contributed by atoms with Gasteiger partial charge in [0.1, 0.15) is 5.01 Å². The van der Waals surface area contributed by atoms with Crippen LogP contribution in [0, 0.1) is 0 Å². The molecule has 0 atom stereocenters. The molecule has 1 amide bonds. The summed E-state index contributed by atoms with van der Waals surface area (Å²) >= 11 is 3.12. The number of nitrogens with zero attached hydrogens (tertiary/aromatic N) is 1. The number of hydrogen-bond acceptors (Lipinski definition) is 7.